The molecule has 1 aromatic heterocycles. The van der Waals surface area contributed by atoms with E-state index in [1.54, 1.807) is 23.9 Å². The number of carbonyl (C=O) groups excluding carboxylic acids is 1. The van der Waals surface area contributed by atoms with Crippen molar-refractivity contribution in [1.82, 2.24) is 14.8 Å². The summed E-state index contributed by atoms with van der Waals surface area (Å²) in [6.45, 7) is 0.577. The lowest BCUT2D eigenvalue weighted by molar-refractivity contribution is -0.384. The predicted octanol–water partition coefficient (Wildman–Crippen LogP) is 3.88. The van der Waals surface area contributed by atoms with Crippen LogP contribution in [0.5, 0.6) is 0 Å². The second-order valence-corrected chi connectivity index (χ2v) is 7.37. The predicted molar refractivity (Wildman–Crippen MR) is 105 cm³/mol. The number of nitrogens with zero attached hydrogens (tertiary/aromatic N) is 4. The molecular weight excluding hydrogens is 366 g/mol. The third kappa shape index (κ3) is 4.47. The number of rotatable bonds is 9. The monoisotopic (exact) mass is 389 g/mol. The zero-order valence-corrected chi connectivity index (χ0v) is 16.1. The van der Waals surface area contributed by atoms with Gasteiger partial charge in [-0.2, -0.15) is 0 Å². The highest BCUT2D eigenvalue weighted by atomic mass is 32.2. The van der Waals surface area contributed by atoms with Gasteiger partial charge >= 0.3 is 0 Å². The van der Waals surface area contributed by atoms with E-state index in [4.69, 9.17) is 0 Å². The first-order valence-corrected chi connectivity index (χ1v) is 10.3. The molecule has 0 radical (unpaired) electrons. The maximum absolute atomic E-state index is 11.2. The van der Waals surface area contributed by atoms with Crippen molar-refractivity contribution in [3.63, 3.8) is 0 Å². The fraction of sp³-hybridized carbons (Fsp3) is 0.500. The maximum atomic E-state index is 11.2. The van der Waals surface area contributed by atoms with Crippen LogP contribution in [-0.4, -0.2) is 38.8 Å². The molecule has 1 aromatic carbocycles. The Labute approximate surface area is 161 Å². The summed E-state index contributed by atoms with van der Waals surface area (Å²) in [6.07, 6.45) is 9.01. The molecule has 3 rings (SSSR count). The van der Waals surface area contributed by atoms with Crippen LogP contribution < -0.4 is 5.32 Å². The van der Waals surface area contributed by atoms with Crippen LogP contribution in [0.25, 0.3) is 0 Å². The quantitative estimate of drug-likeness (QED) is 0.228. The molecule has 0 amide bonds. The summed E-state index contributed by atoms with van der Waals surface area (Å²) in [5.41, 5.74) is 0.632. The molecule has 1 fully saturated rings. The number of aldehydes is 1. The molecule has 8 nitrogen and oxygen atoms in total. The Morgan fingerprint density at radius 2 is 2.15 bits per heavy atom. The van der Waals surface area contributed by atoms with Gasteiger partial charge in [-0.3, -0.25) is 14.9 Å². The van der Waals surface area contributed by atoms with Gasteiger partial charge in [0.25, 0.3) is 5.69 Å². The minimum atomic E-state index is -0.475. The lowest BCUT2D eigenvalue weighted by atomic mass is 10.2. The molecule has 2 aromatic rings. The normalized spacial score (nSPS) is 14.4. The Balaban J connectivity index is 1.62. The Morgan fingerprint density at radius 1 is 1.37 bits per heavy atom. The van der Waals surface area contributed by atoms with E-state index in [0.717, 1.165) is 23.8 Å². The van der Waals surface area contributed by atoms with Crippen molar-refractivity contribution in [3.05, 3.63) is 39.7 Å². The van der Waals surface area contributed by atoms with Gasteiger partial charge in [-0.25, -0.2) is 0 Å². The van der Waals surface area contributed by atoms with Gasteiger partial charge in [0.2, 0.25) is 0 Å². The fourth-order valence-corrected chi connectivity index (χ4v) is 4.11. The Bertz CT molecular complexity index is 817. The summed E-state index contributed by atoms with van der Waals surface area (Å²) in [6, 6.07) is 4.93. The van der Waals surface area contributed by atoms with Gasteiger partial charge in [0.05, 0.1) is 4.92 Å². The van der Waals surface area contributed by atoms with E-state index in [-0.39, 0.29) is 5.69 Å². The average Bonchev–Trinajstić information content (AvgIpc) is 3.34. The van der Waals surface area contributed by atoms with Crippen molar-refractivity contribution in [2.45, 2.75) is 49.7 Å². The molecule has 0 aliphatic heterocycles. The largest absolute Gasteiger partial charge is 0.379 e. The lowest BCUT2D eigenvalue weighted by Gasteiger charge is -2.16. The minimum Gasteiger partial charge on any atom is -0.379 e. The molecular formula is C18H23N5O3S. The zero-order valence-electron chi connectivity index (χ0n) is 15.3. The lowest BCUT2D eigenvalue weighted by Crippen LogP contribution is -2.12. The second kappa shape index (κ2) is 8.98. The van der Waals surface area contributed by atoms with Gasteiger partial charge in [-0.15, -0.1) is 10.2 Å². The number of carbonyl (C=O) groups is 1. The van der Waals surface area contributed by atoms with E-state index in [2.05, 4.69) is 20.1 Å². The van der Waals surface area contributed by atoms with Crippen molar-refractivity contribution in [2.75, 3.05) is 18.1 Å². The number of aromatic nitrogens is 3. The Morgan fingerprint density at radius 3 is 2.81 bits per heavy atom. The zero-order chi connectivity index (χ0) is 19.2. The van der Waals surface area contributed by atoms with Crippen LogP contribution in [0.15, 0.2) is 23.4 Å². The van der Waals surface area contributed by atoms with Crippen molar-refractivity contribution >= 4 is 29.4 Å². The van der Waals surface area contributed by atoms with Crippen LogP contribution in [0.4, 0.5) is 11.4 Å². The van der Waals surface area contributed by atoms with Gasteiger partial charge in [0, 0.05) is 30.6 Å². The first-order chi connectivity index (χ1) is 13.1. The van der Waals surface area contributed by atoms with Gasteiger partial charge in [-0.1, -0.05) is 24.6 Å². The summed E-state index contributed by atoms with van der Waals surface area (Å²) < 4.78 is 2.28. The van der Waals surface area contributed by atoms with Crippen LogP contribution in [-0.2, 0) is 6.42 Å². The highest BCUT2D eigenvalue weighted by Crippen LogP contribution is 2.33. The molecule has 1 N–H and O–H groups in total. The maximum Gasteiger partial charge on any atom is 0.293 e. The van der Waals surface area contributed by atoms with Crippen LogP contribution in [0, 0.1) is 10.1 Å². The Kier molecular flexibility index (Phi) is 6.44. The summed E-state index contributed by atoms with van der Waals surface area (Å²) in [5.74, 6) is 0.985. The average molecular weight is 389 g/mol. The van der Waals surface area contributed by atoms with Crippen molar-refractivity contribution in [3.8, 4) is 0 Å². The van der Waals surface area contributed by atoms with E-state index < -0.39 is 4.92 Å². The summed E-state index contributed by atoms with van der Waals surface area (Å²) >= 11 is 1.62. The van der Waals surface area contributed by atoms with Crippen LogP contribution >= 0.6 is 11.8 Å². The summed E-state index contributed by atoms with van der Waals surface area (Å²) in [4.78, 5) is 21.5. The van der Waals surface area contributed by atoms with Gasteiger partial charge in [0.1, 0.15) is 17.8 Å². The molecule has 0 bridgehead atoms. The summed E-state index contributed by atoms with van der Waals surface area (Å²) in [5, 5.41) is 23.9. The van der Waals surface area contributed by atoms with Crippen molar-refractivity contribution < 1.29 is 9.72 Å². The summed E-state index contributed by atoms with van der Waals surface area (Å²) in [7, 11) is 0. The van der Waals surface area contributed by atoms with Crippen molar-refractivity contribution in [2.24, 2.45) is 0 Å². The minimum absolute atomic E-state index is 0.0848. The van der Waals surface area contributed by atoms with Gasteiger partial charge in [-0.05, 0) is 37.7 Å². The first-order valence-electron chi connectivity index (χ1n) is 9.09. The number of benzene rings is 1. The van der Waals surface area contributed by atoms with E-state index >= 15 is 0 Å². The van der Waals surface area contributed by atoms with Crippen molar-refractivity contribution in [1.29, 1.82) is 0 Å². The number of anilines is 1. The first kappa shape index (κ1) is 19.3. The third-order valence-electron chi connectivity index (χ3n) is 4.85. The van der Waals surface area contributed by atoms with E-state index in [1.165, 1.54) is 31.7 Å². The molecule has 0 atom stereocenters. The molecule has 1 aliphatic carbocycles. The molecule has 27 heavy (non-hydrogen) atoms. The highest BCUT2D eigenvalue weighted by Gasteiger charge is 2.23. The molecule has 0 unspecified atom stereocenters. The standard InChI is InChI=1S/C18H23N5O3S/c1-27-18-21-20-17(22(18)14-5-2-3-6-14)7-4-10-19-15-9-8-13(12-24)11-16(15)23(25)26/h8-9,11-12,14,19H,2-7,10H2,1H3. The molecule has 0 spiro atoms. The van der Waals surface area contributed by atoms with Crippen LogP contribution in [0.1, 0.15) is 54.3 Å². The topological polar surface area (TPSA) is 103 Å². The molecule has 1 saturated carbocycles. The number of hydrogen-bond donors (Lipinski definition) is 1. The molecule has 144 valence electrons. The number of aryl methyl sites for hydroxylation is 1. The van der Waals surface area contributed by atoms with Crippen LogP contribution in [0.3, 0.4) is 0 Å². The van der Waals surface area contributed by atoms with Crippen LogP contribution in [0.2, 0.25) is 0 Å². The second-order valence-electron chi connectivity index (χ2n) is 6.59. The SMILES string of the molecule is CSc1nnc(CCCNc2ccc(C=O)cc2[N+](=O)[O-])n1C1CCCC1. The van der Waals surface area contributed by atoms with E-state index in [1.807, 2.05) is 6.26 Å². The fourth-order valence-electron chi connectivity index (χ4n) is 3.54. The third-order valence-corrected chi connectivity index (χ3v) is 5.50. The van der Waals surface area contributed by atoms with Gasteiger partial charge < -0.3 is 9.88 Å². The number of hydrogen-bond acceptors (Lipinski definition) is 7. The molecule has 0 saturated heterocycles. The van der Waals surface area contributed by atoms with E-state index in [0.29, 0.717) is 30.1 Å². The van der Waals surface area contributed by atoms with Gasteiger partial charge in [0.15, 0.2) is 5.16 Å². The molecule has 1 aliphatic rings. The number of nitrogens with one attached hydrogen (secondary N) is 1. The number of thioether (sulfide) groups is 1. The Hall–Kier alpha value is -2.42. The molecule has 9 heteroatoms. The number of nitro groups is 1. The molecule has 1 heterocycles. The highest BCUT2D eigenvalue weighted by molar-refractivity contribution is 7.98. The number of nitro benzene ring substituents is 1. The smallest absolute Gasteiger partial charge is 0.293 e. The van der Waals surface area contributed by atoms with E-state index in [9.17, 15) is 14.9 Å².